The molecule has 3 rings (SSSR count). The molecule has 1 aromatic heterocycles. The third kappa shape index (κ3) is 4.49. The number of aromatic nitrogens is 1. The molecule has 6 nitrogen and oxygen atoms in total. The number of rotatable bonds is 3. The summed E-state index contributed by atoms with van der Waals surface area (Å²) in [6.07, 6.45) is -3.01. The Balaban J connectivity index is 1.71. The number of carbonyl (C=O) groups is 2. The van der Waals surface area contributed by atoms with Gasteiger partial charge in [0.25, 0.3) is 5.91 Å². The maximum Gasteiger partial charge on any atom is 0.408 e. The zero-order valence-corrected chi connectivity index (χ0v) is 15.2. The Bertz CT molecular complexity index is 941. The van der Waals surface area contributed by atoms with E-state index in [1.54, 1.807) is 10.8 Å². The van der Waals surface area contributed by atoms with Gasteiger partial charge in [0, 0.05) is 31.0 Å². The normalized spacial score (nSPS) is 14.9. The van der Waals surface area contributed by atoms with Crippen molar-refractivity contribution in [3.05, 3.63) is 53.4 Å². The SMILES string of the molecule is C[C@@H](NC(=O)c1ccn2c1CN(C(=O)Nc1ccc(F)c(F)c1)CC2)C(F)(F)F. The highest BCUT2D eigenvalue weighted by molar-refractivity contribution is 5.96. The van der Waals surface area contributed by atoms with Gasteiger partial charge in [-0.2, -0.15) is 13.2 Å². The molecule has 0 aliphatic carbocycles. The van der Waals surface area contributed by atoms with Crippen molar-refractivity contribution in [3.63, 3.8) is 0 Å². The summed E-state index contributed by atoms with van der Waals surface area (Å²) in [7, 11) is 0. The highest BCUT2D eigenvalue weighted by atomic mass is 19.4. The first-order chi connectivity index (χ1) is 13.6. The second-order valence-electron chi connectivity index (χ2n) is 6.59. The number of nitrogens with one attached hydrogen (secondary N) is 2. The highest BCUT2D eigenvalue weighted by Crippen LogP contribution is 2.23. The lowest BCUT2D eigenvalue weighted by Crippen LogP contribution is -2.44. The number of urea groups is 1. The Morgan fingerprint density at radius 3 is 2.48 bits per heavy atom. The average Bonchev–Trinajstić information content (AvgIpc) is 3.07. The van der Waals surface area contributed by atoms with E-state index in [9.17, 15) is 31.5 Å². The molecule has 0 spiro atoms. The number of halogens is 5. The van der Waals surface area contributed by atoms with Crippen molar-refractivity contribution in [1.82, 2.24) is 14.8 Å². The lowest BCUT2D eigenvalue weighted by atomic mass is 10.1. The molecule has 2 aromatic rings. The Kier molecular flexibility index (Phi) is 5.49. The maximum atomic E-state index is 13.3. The standard InChI is InChI=1S/C18H17F5N4O2/c1-10(18(21,22)23)24-16(28)12-4-5-26-6-7-27(9-15(12)26)17(29)25-11-2-3-13(19)14(20)8-11/h2-5,8,10H,6-7,9H2,1H3,(H,24,28)(H,25,29)/t10-/m1/s1. The van der Waals surface area contributed by atoms with Crippen molar-refractivity contribution in [1.29, 1.82) is 0 Å². The van der Waals surface area contributed by atoms with E-state index < -0.39 is 35.8 Å². The summed E-state index contributed by atoms with van der Waals surface area (Å²) in [4.78, 5) is 26.0. The maximum absolute atomic E-state index is 13.3. The van der Waals surface area contributed by atoms with Gasteiger partial charge in [0.2, 0.25) is 0 Å². The van der Waals surface area contributed by atoms with Crippen LogP contribution in [-0.4, -0.2) is 40.2 Å². The van der Waals surface area contributed by atoms with Crippen LogP contribution in [0.25, 0.3) is 0 Å². The number of carbonyl (C=O) groups excluding carboxylic acids is 2. The molecular weight excluding hydrogens is 399 g/mol. The molecule has 1 aliphatic heterocycles. The number of amides is 3. The first kappa shape index (κ1) is 20.6. The van der Waals surface area contributed by atoms with Crippen LogP contribution in [0, 0.1) is 11.6 Å². The summed E-state index contributed by atoms with van der Waals surface area (Å²) in [5, 5.41) is 4.32. The van der Waals surface area contributed by atoms with Gasteiger partial charge in [-0.25, -0.2) is 13.6 Å². The van der Waals surface area contributed by atoms with Crippen LogP contribution >= 0.6 is 0 Å². The van der Waals surface area contributed by atoms with Gasteiger partial charge in [0.15, 0.2) is 11.6 Å². The van der Waals surface area contributed by atoms with Crippen LogP contribution in [-0.2, 0) is 13.1 Å². The van der Waals surface area contributed by atoms with Crippen LogP contribution in [0.15, 0.2) is 30.5 Å². The fraction of sp³-hybridized carbons (Fsp3) is 0.333. The number of benzene rings is 1. The summed E-state index contributed by atoms with van der Waals surface area (Å²) in [5.74, 6) is -3.07. The second-order valence-corrected chi connectivity index (χ2v) is 6.59. The molecule has 11 heteroatoms. The summed E-state index contributed by atoms with van der Waals surface area (Å²) < 4.78 is 66.0. The molecule has 0 radical (unpaired) electrons. The van der Waals surface area contributed by atoms with Crippen LogP contribution in [0.3, 0.4) is 0 Å². The predicted octanol–water partition coefficient (Wildman–Crippen LogP) is 3.49. The second kappa shape index (κ2) is 7.72. The third-order valence-corrected chi connectivity index (χ3v) is 4.57. The van der Waals surface area contributed by atoms with Gasteiger partial charge in [-0.1, -0.05) is 0 Å². The molecular formula is C18H17F5N4O2. The predicted molar refractivity (Wildman–Crippen MR) is 93.2 cm³/mol. The van der Waals surface area contributed by atoms with Crippen LogP contribution in [0.2, 0.25) is 0 Å². The average molecular weight is 416 g/mol. The number of anilines is 1. The Labute approximate surface area is 162 Å². The summed E-state index contributed by atoms with van der Waals surface area (Å²) in [6, 6.07) is 1.65. The lowest BCUT2D eigenvalue weighted by molar-refractivity contribution is -0.149. The van der Waals surface area contributed by atoms with Crippen LogP contribution in [0.1, 0.15) is 23.0 Å². The zero-order valence-electron chi connectivity index (χ0n) is 15.2. The van der Waals surface area contributed by atoms with Crippen LogP contribution in [0.5, 0.6) is 0 Å². The molecule has 1 atom stereocenters. The Morgan fingerprint density at radius 1 is 1.10 bits per heavy atom. The van der Waals surface area contributed by atoms with Crippen molar-refractivity contribution in [2.75, 3.05) is 11.9 Å². The largest absolute Gasteiger partial charge is 0.408 e. The highest BCUT2D eigenvalue weighted by Gasteiger charge is 2.37. The van der Waals surface area contributed by atoms with Gasteiger partial charge in [-0.05, 0) is 25.1 Å². The van der Waals surface area contributed by atoms with Crippen molar-refractivity contribution in [2.45, 2.75) is 32.2 Å². The lowest BCUT2D eigenvalue weighted by Gasteiger charge is -2.29. The van der Waals surface area contributed by atoms with E-state index in [0.717, 1.165) is 19.1 Å². The molecule has 29 heavy (non-hydrogen) atoms. The fourth-order valence-electron chi connectivity index (χ4n) is 2.89. The quantitative estimate of drug-likeness (QED) is 0.753. The number of alkyl halides is 3. The molecule has 156 valence electrons. The van der Waals surface area contributed by atoms with Crippen molar-refractivity contribution < 1.29 is 31.5 Å². The Morgan fingerprint density at radius 2 is 1.83 bits per heavy atom. The van der Waals surface area contributed by atoms with Crippen LogP contribution < -0.4 is 10.6 Å². The van der Waals surface area contributed by atoms with Crippen molar-refractivity contribution >= 4 is 17.6 Å². The smallest absolute Gasteiger partial charge is 0.347 e. The molecule has 0 saturated heterocycles. The molecule has 1 aromatic carbocycles. The first-order valence-electron chi connectivity index (χ1n) is 8.63. The van der Waals surface area contributed by atoms with E-state index in [2.05, 4.69) is 5.32 Å². The molecule has 2 heterocycles. The first-order valence-corrected chi connectivity index (χ1v) is 8.63. The number of nitrogens with zero attached hydrogens (tertiary/aromatic N) is 2. The molecule has 0 unspecified atom stereocenters. The summed E-state index contributed by atoms with van der Waals surface area (Å²) in [5.41, 5.74) is 0.460. The van der Waals surface area contributed by atoms with Gasteiger partial charge >= 0.3 is 12.2 Å². The van der Waals surface area contributed by atoms with Gasteiger partial charge in [0.05, 0.1) is 17.8 Å². The molecule has 0 saturated carbocycles. The molecule has 0 bridgehead atoms. The monoisotopic (exact) mass is 416 g/mol. The van der Waals surface area contributed by atoms with Crippen molar-refractivity contribution in [2.24, 2.45) is 0 Å². The molecule has 3 amide bonds. The van der Waals surface area contributed by atoms with Crippen molar-refractivity contribution in [3.8, 4) is 0 Å². The van der Waals surface area contributed by atoms with Gasteiger partial charge in [0.1, 0.15) is 6.04 Å². The minimum atomic E-state index is -4.58. The molecule has 2 N–H and O–H groups in total. The van der Waals surface area contributed by atoms with E-state index in [-0.39, 0.29) is 24.3 Å². The van der Waals surface area contributed by atoms with Gasteiger partial charge in [-0.15, -0.1) is 0 Å². The fourth-order valence-corrected chi connectivity index (χ4v) is 2.89. The minimum Gasteiger partial charge on any atom is -0.347 e. The van der Waals surface area contributed by atoms with Gasteiger partial charge < -0.3 is 20.1 Å². The topological polar surface area (TPSA) is 66.4 Å². The van der Waals surface area contributed by atoms with E-state index in [0.29, 0.717) is 12.2 Å². The number of hydrogen-bond acceptors (Lipinski definition) is 2. The number of hydrogen-bond donors (Lipinski definition) is 2. The zero-order chi connectivity index (χ0) is 21.3. The summed E-state index contributed by atoms with van der Waals surface area (Å²) in [6.45, 7) is 1.38. The van der Waals surface area contributed by atoms with Gasteiger partial charge in [-0.3, -0.25) is 4.79 Å². The number of fused-ring (bicyclic) bond motifs is 1. The molecule has 0 fully saturated rings. The third-order valence-electron chi connectivity index (χ3n) is 4.57. The van der Waals surface area contributed by atoms with E-state index in [1.807, 2.05) is 5.32 Å². The summed E-state index contributed by atoms with van der Waals surface area (Å²) >= 11 is 0. The van der Waals surface area contributed by atoms with E-state index >= 15 is 0 Å². The van der Waals surface area contributed by atoms with Crippen LogP contribution in [0.4, 0.5) is 32.4 Å². The van der Waals surface area contributed by atoms with E-state index in [4.69, 9.17) is 0 Å². The Hall–Kier alpha value is -3.11. The van der Waals surface area contributed by atoms with E-state index in [1.165, 1.54) is 17.0 Å². The molecule has 1 aliphatic rings. The minimum absolute atomic E-state index is 0.0337.